The Bertz CT molecular complexity index is 2360. The molecule has 10 heteroatoms. The van der Waals surface area contributed by atoms with E-state index in [-0.39, 0.29) is 48.3 Å². The molecule has 0 saturated carbocycles. The molecule has 4 aromatic rings. The van der Waals surface area contributed by atoms with Crippen LogP contribution in [0.2, 0.25) is 18.6 Å². The van der Waals surface area contributed by atoms with Crippen LogP contribution in [0.1, 0.15) is 75.7 Å². The van der Waals surface area contributed by atoms with Crippen LogP contribution in [0, 0.1) is 5.92 Å². The number of aliphatic hydroxyl groups excluding tert-OH is 1. The summed E-state index contributed by atoms with van der Waals surface area (Å²) in [5.41, 5.74) is 4.54. The van der Waals surface area contributed by atoms with Crippen LogP contribution in [-0.2, 0) is 19.9 Å². The number of anilines is 3. The summed E-state index contributed by atoms with van der Waals surface area (Å²) in [5, 5.41) is 13.3. The summed E-state index contributed by atoms with van der Waals surface area (Å²) in [6.45, 7) is 14.0. The van der Waals surface area contributed by atoms with E-state index in [1.54, 1.807) is 12.0 Å². The lowest BCUT2D eigenvalue weighted by Gasteiger charge is -2.37. The summed E-state index contributed by atoms with van der Waals surface area (Å²) >= 11 is 0. The first-order valence-corrected chi connectivity index (χ1v) is 24.2. The second-order valence-corrected chi connectivity index (χ2v) is 22.4. The van der Waals surface area contributed by atoms with E-state index in [0.29, 0.717) is 24.3 Å². The fourth-order valence-electron chi connectivity index (χ4n) is 10.6. The number of ether oxygens (including phenoxy) is 2. The van der Waals surface area contributed by atoms with E-state index in [2.05, 4.69) is 65.1 Å². The number of amides is 3. The molecule has 4 aliphatic rings. The standard InChI is InChI=1S/C49H57N3O6Si/c1-31(2)12-8-13-32(3)25-27-51-41-24-19-35(52-42-18-10-15-34-14-9-17-39(45(34)42)47(52)55)28-40(41)49(48(51)56)33(4)46(59(6,7)38-22-20-37(57-5)21-23-38)43(58-49)29-44(54)50-26-11-16-36(50)30-53/h9-10,12,14-15,17-25,28,33,36,43,46,53H,8,11,13,16,26-27,29-30H2,1-7H3/b32-25+/t33-,36-,43+,46-,49+/m0/s1. The van der Waals surface area contributed by atoms with E-state index in [1.165, 1.54) is 16.3 Å². The van der Waals surface area contributed by atoms with Gasteiger partial charge in [-0.25, -0.2) is 0 Å². The van der Waals surface area contributed by atoms with Crippen LogP contribution in [-0.4, -0.2) is 74.8 Å². The number of nitrogens with zero attached hydrogens (tertiary/aromatic N) is 3. The van der Waals surface area contributed by atoms with E-state index in [0.717, 1.165) is 59.1 Å². The number of likely N-dealkylation sites (tertiary alicyclic amines) is 1. The monoisotopic (exact) mass is 811 g/mol. The normalized spacial score (nSPS) is 23.9. The maximum Gasteiger partial charge on any atom is 0.264 e. The highest BCUT2D eigenvalue weighted by atomic mass is 28.3. The Labute approximate surface area is 349 Å². The van der Waals surface area contributed by atoms with Crippen molar-refractivity contribution >= 4 is 58.8 Å². The van der Waals surface area contributed by atoms with Crippen molar-refractivity contribution in [2.24, 2.45) is 5.92 Å². The van der Waals surface area contributed by atoms with Crippen molar-refractivity contribution in [2.45, 2.75) is 96.2 Å². The quantitative estimate of drug-likeness (QED) is 0.114. The van der Waals surface area contributed by atoms with Crippen LogP contribution >= 0.6 is 0 Å². The summed E-state index contributed by atoms with van der Waals surface area (Å²) in [6.07, 6.45) is 7.33. The van der Waals surface area contributed by atoms with E-state index in [4.69, 9.17) is 9.47 Å². The average molecular weight is 812 g/mol. The third-order valence-electron chi connectivity index (χ3n) is 13.6. The van der Waals surface area contributed by atoms with Crippen molar-refractivity contribution in [3.63, 3.8) is 0 Å². The molecule has 4 aromatic carbocycles. The lowest BCUT2D eigenvalue weighted by atomic mass is 9.82. The maximum atomic E-state index is 15.6. The number of rotatable bonds is 12. The van der Waals surface area contributed by atoms with Gasteiger partial charge in [0.25, 0.3) is 11.8 Å². The molecule has 9 nitrogen and oxygen atoms in total. The zero-order chi connectivity index (χ0) is 41.8. The summed E-state index contributed by atoms with van der Waals surface area (Å²) in [7, 11) is -0.887. The van der Waals surface area contributed by atoms with Crippen molar-refractivity contribution in [3.8, 4) is 5.75 Å². The number of benzene rings is 4. The van der Waals surface area contributed by atoms with Crippen molar-refractivity contribution < 1.29 is 29.0 Å². The number of carbonyl (C=O) groups excluding carboxylic acids is 3. The van der Waals surface area contributed by atoms with Gasteiger partial charge in [0, 0.05) is 35.6 Å². The molecule has 0 bridgehead atoms. The van der Waals surface area contributed by atoms with Crippen LogP contribution < -0.4 is 19.7 Å². The number of allylic oxidation sites excluding steroid dienone is 3. The summed E-state index contributed by atoms with van der Waals surface area (Å²) in [6, 6.07) is 25.7. The molecule has 8 rings (SSSR count). The van der Waals surface area contributed by atoms with Gasteiger partial charge in [-0.15, -0.1) is 0 Å². The van der Waals surface area contributed by atoms with Crippen LogP contribution in [0.25, 0.3) is 10.8 Å². The molecule has 0 unspecified atom stereocenters. The highest BCUT2D eigenvalue weighted by molar-refractivity contribution is 6.91. The predicted octanol–water partition coefficient (Wildman–Crippen LogP) is 8.77. The summed E-state index contributed by atoms with van der Waals surface area (Å²) < 4.78 is 12.9. The number of hydrogen-bond donors (Lipinski definition) is 1. The van der Waals surface area contributed by atoms with E-state index < -0.39 is 19.8 Å². The Morgan fingerprint density at radius 3 is 2.44 bits per heavy atom. The zero-order valence-corrected chi connectivity index (χ0v) is 36.5. The van der Waals surface area contributed by atoms with Gasteiger partial charge >= 0.3 is 0 Å². The molecule has 0 radical (unpaired) electrons. The van der Waals surface area contributed by atoms with Gasteiger partial charge in [-0.05, 0) is 99.8 Å². The van der Waals surface area contributed by atoms with Gasteiger partial charge in [0.15, 0.2) is 5.60 Å². The molecule has 59 heavy (non-hydrogen) atoms. The summed E-state index contributed by atoms with van der Waals surface area (Å²) in [4.78, 5) is 49.6. The minimum atomic E-state index is -2.55. The Kier molecular flexibility index (Phi) is 10.9. The fourth-order valence-corrected chi connectivity index (χ4v) is 14.6. The SMILES string of the molecule is COc1ccc([Si](C)(C)[C@@H]2[C@@H](CC(=O)N3CCC[C@H]3CO)O[C@]3(C(=O)N(C/C=C(\C)CCC=C(C)C)c4ccc(N5C(=O)c6cccc7cccc5c67)cc43)[C@H]2C)cc1. The van der Waals surface area contributed by atoms with Gasteiger partial charge in [0.05, 0.1) is 57.3 Å². The van der Waals surface area contributed by atoms with Gasteiger partial charge in [-0.1, -0.05) is 84.9 Å². The molecule has 4 aliphatic heterocycles. The smallest absolute Gasteiger partial charge is 0.264 e. The molecule has 2 saturated heterocycles. The van der Waals surface area contributed by atoms with E-state index >= 15 is 4.79 Å². The summed E-state index contributed by atoms with van der Waals surface area (Å²) in [5.74, 6) is 0.127. The Morgan fingerprint density at radius 1 is 0.983 bits per heavy atom. The molecule has 3 amide bonds. The van der Waals surface area contributed by atoms with Crippen molar-refractivity contribution in [1.82, 2.24) is 4.90 Å². The van der Waals surface area contributed by atoms with Crippen molar-refractivity contribution in [2.75, 3.05) is 36.6 Å². The second kappa shape index (κ2) is 15.9. The molecule has 0 aliphatic carbocycles. The number of methoxy groups -OCH3 is 1. The molecule has 0 aromatic heterocycles. The van der Waals surface area contributed by atoms with Crippen LogP contribution in [0.15, 0.2) is 102 Å². The molecular weight excluding hydrogens is 755 g/mol. The largest absolute Gasteiger partial charge is 0.497 e. The van der Waals surface area contributed by atoms with Gasteiger partial charge in [0.2, 0.25) is 5.91 Å². The third kappa shape index (κ3) is 6.83. The average Bonchev–Trinajstić information content (AvgIpc) is 3.96. The molecule has 1 spiro atoms. The fraction of sp³-hybridized carbons (Fsp3) is 0.408. The first kappa shape index (κ1) is 40.7. The zero-order valence-electron chi connectivity index (χ0n) is 35.5. The highest BCUT2D eigenvalue weighted by Crippen LogP contribution is 2.61. The highest BCUT2D eigenvalue weighted by Gasteiger charge is 2.66. The lowest BCUT2D eigenvalue weighted by molar-refractivity contribution is -0.149. The topological polar surface area (TPSA) is 99.6 Å². The third-order valence-corrected chi connectivity index (χ3v) is 18.0. The van der Waals surface area contributed by atoms with Crippen molar-refractivity contribution in [1.29, 1.82) is 0 Å². The van der Waals surface area contributed by atoms with Gasteiger partial charge in [0.1, 0.15) is 5.75 Å². The van der Waals surface area contributed by atoms with Crippen LogP contribution in [0.4, 0.5) is 17.1 Å². The Hall–Kier alpha value is -5.03. The minimum absolute atomic E-state index is 0.0555. The van der Waals surface area contributed by atoms with Crippen LogP contribution in [0.5, 0.6) is 5.75 Å². The van der Waals surface area contributed by atoms with Gasteiger partial charge in [-0.2, -0.15) is 0 Å². The van der Waals surface area contributed by atoms with Gasteiger partial charge < -0.3 is 24.4 Å². The predicted molar refractivity (Wildman–Crippen MR) is 238 cm³/mol. The van der Waals surface area contributed by atoms with Crippen molar-refractivity contribution in [3.05, 3.63) is 113 Å². The molecular formula is C49H57N3O6Si. The number of fused-ring (bicyclic) bond motifs is 2. The number of aliphatic hydroxyl groups is 1. The Balaban J connectivity index is 1.26. The lowest BCUT2D eigenvalue weighted by Crippen LogP contribution is -2.52. The molecule has 5 atom stereocenters. The molecule has 308 valence electrons. The molecule has 4 heterocycles. The first-order valence-electron chi connectivity index (χ1n) is 21.2. The number of carbonyl (C=O) groups is 3. The Morgan fingerprint density at radius 2 is 1.73 bits per heavy atom. The molecule has 1 N–H and O–H groups in total. The minimum Gasteiger partial charge on any atom is -0.497 e. The maximum absolute atomic E-state index is 15.6. The van der Waals surface area contributed by atoms with Gasteiger partial charge in [-0.3, -0.25) is 19.3 Å². The second-order valence-electron chi connectivity index (χ2n) is 17.7. The molecule has 2 fully saturated rings. The van der Waals surface area contributed by atoms with Crippen LogP contribution in [0.3, 0.4) is 0 Å². The van der Waals surface area contributed by atoms with E-state index in [9.17, 15) is 14.7 Å². The van der Waals surface area contributed by atoms with E-state index in [1.807, 2.05) is 76.5 Å². The first-order chi connectivity index (χ1) is 28.3. The number of hydrogen-bond acceptors (Lipinski definition) is 6.